The van der Waals surface area contributed by atoms with Gasteiger partial charge in [0.15, 0.2) is 0 Å². The summed E-state index contributed by atoms with van der Waals surface area (Å²) in [6.45, 7) is 5.64. The smallest absolute Gasteiger partial charge is 0.241 e. The minimum atomic E-state index is -0.538. The highest BCUT2D eigenvalue weighted by molar-refractivity contribution is 5.87. The molecule has 3 N–H and O–H groups in total. The standard InChI is InChI=1S/C20H31N3O2.ClH/c1-15(2)12-18(21)20(25)22-14-19(24)23-10-8-17(9-11-23)13-16-6-4-3-5-7-16;/h3-7,15,17-18H,8-14,21H2,1-2H3,(H,22,25);1H/t18-;/m0./s1. The van der Waals surface area contributed by atoms with Crippen LogP contribution < -0.4 is 11.1 Å². The van der Waals surface area contributed by atoms with E-state index in [2.05, 4.69) is 29.6 Å². The molecule has 2 rings (SSSR count). The molecule has 0 spiro atoms. The molecule has 0 bridgehead atoms. The average Bonchev–Trinajstić information content (AvgIpc) is 2.60. The van der Waals surface area contributed by atoms with Crippen LogP contribution in [-0.4, -0.2) is 42.4 Å². The number of hydrogen-bond acceptors (Lipinski definition) is 3. The Morgan fingerprint density at radius 1 is 1.19 bits per heavy atom. The van der Waals surface area contributed by atoms with E-state index < -0.39 is 6.04 Å². The first kappa shape index (κ1) is 22.5. The van der Waals surface area contributed by atoms with Crippen LogP contribution in [0.15, 0.2) is 30.3 Å². The number of piperidine rings is 1. The van der Waals surface area contributed by atoms with E-state index in [1.807, 2.05) is 24.8 Å². The summed E-state index contributed by atoms with van der Waals surface area (Å²) >= 11 is 0. The molecular formula is C20H32ClN3O2. The first-order chi connectivity index (χ1) is 12.0. The van der Waals surface area contributed by atoms with Crippen molar-refractivity contribution in [2.75, 3.05) is 19.6 Å². The largest absolute Gasteiger partial charge is 0.346 e. The molecule has 1 aliphatic rings. The third kappa shape index (κ3) is 7.34. The summed E-state index contributed by atoms with van der Waals surface area (Å²) in [5, 5.41) is 2.68. The van der Waals surface area contributed by atoms with E-state index in [0.717, 1.165) is 32.4 Å². The van der Waals surface area contributed by atoms with E-state index >= 15 is 0 Å². The van der Waals surface area contributed by atoms with Gasteiger partial charge in [0.2, 0.25) is 11.8 Å². The first-order valence-corrected chi connectivity index (χ1v) is 9.30. The van der Waals surface area contributed by atoms with Gasteiger partial charge in [0.05, 0.1) is 12.6 Å². The minimum absolute atomic E-state index is 0. The molecular weight excluding hydrogens is 350 g/mol. The predicted molar refractivity (Wildman–Crippen MR) is 107 cm³/mol. The van der Waals surface area contributed by atoms with Crippen LogP contribution >= 0.6 is 12.4 Å². The molecule has 146 valence electrons. The lowest BCUT2D eigenvalue weighted by atomic mass is 9.90. The Kier molecular flexibility index (Phi) is 9.66. The summed E-state index contributed by atoms with van der Waals surface area (Å²) in [4.78, 5) is 26.1. The number of carbonyl (C=O) groups excluding carboxylic acids is 2. The summed E-state index contributed by atoms with van der Waals surface area (Å²) in [5.41, 5.74) is 7.20. The van der Waals surface area contributed by atoms with Gasteiger partial charge in [-0.25, -0.2) is 0 Å². The van der Waals surface area contributed by atoms with Crippen molar-refractivity contribution in [2.45, 2.75) is 45.6 Å². The first-order valence-electron chi connectivity index (χ1n) is 9.30. The Bertz CT molecular complexity index is 557. The molecule has 1 aromatic carbocycles. The van der Waals surface area contributed by atoms with Crippen molar-refractivity contribution in [3.05, 3.63) is 35.9 Å². The Hall–Kier alpha value is -1.59. The van der Waals surface area contributed by atoms with Crippen LogP contribution in [0.4, 0.5) is 0 Å². The fourth-order valence-corrected chi connectivity index (χ4v) is 3.35. The van der Waals surface area contributed by atoms with Crippen LogP contribution in [0.2, 0.25) is 0 Å². The molecule has 6 heteroatoms. The Morgan fingerprint density at radius 3 is 2.38 bits per heavy atom. The highest BCUT2D eigenvalue weighted by atomic mass is 35.5. The van der Waals surface area contributed by atoms with Gasteiger partial charge >= 0.3 is 0 Å². The molecule has 2 amide bonds. The Morgan fingerprint density at radius 2 is 1.81 bits per heavy atom. The molecule has 1 aliphatic heterocycles. The van der Waals surface area contributed by atoms with Crippen molar-refractivity contribution in [1.82, 2.24) is 10.2 Å². The maximum atomic E-state index is 12.3. The van der Waals surface area contributed by atoms with E-state index in [1.165, 1.54) is 5.56 Å². The monoisotopic (exact) mass is 381 g/mol. The minimum Gasteiger partial charge on any atom is -0.346 e. The van der Waals surface area contributed by atoms with Crippen molar-refractivity contribution in [1.29, 1.82) is 0 Å². The zero-order valence-electron chi connectivity index (χ0n) is 15.8. The molecule has 1 heterocycles. The number of amides is 2. The number of rotatable bonds is 7. The Labute approximate surface area is 163 Å². The number of nitrogens with zero attached hydrogens (tertiary/aromatic N) is 1. The lowest BCUT2D eigenvalue weighted by molar-refractivity contribution is -0.134. The zero-order valence-corrected chi connectivity index (χ0v) is 16.6. The fourth-order valence-electron chi connectivity index (χ4n) is 3.35. The van der Waals surface area contributed by atoms with Gasteiger partial charge in [0.1, 0.15) is 0 Å². The number of likely N-dealkylation sites (tertiary alicyclic amines) is 1. The zero-order chi connectivity index (χ0) is 18.2. The summed E-state index contributed by atoms with van der Waals surface area (Å²) in [7, 11) is 0. The lowest BCUT2D eigenvalue weighted by Crippen LogP contribution is -2.48. The SMILES string of the molecule is CC(C)C[C@H](N)C(=O)NCC(=O)N1CCC(Cc2ccccc2)CC1.Cl. The number of benzene rings is 1. The number of nitrogens with one attached hydrogen (secondary N) is 1. The van der Waals surface area contributed by atoms with Gasteiger partial charge < -0.3 is 16.0 Å². The number of nitrogens with two attached hydrogens (primary N) is 1. The highest BCUT2D eigenvalue weighted by Gasteiger charge is 2.23. The normalized spacial score (nSPS) is 16.1. The summed E-state index contributed by atoms with van der Waals surface area (Å²) in [5.74, 6) is 0.741. The van der Waals surface area contributed by atoms with E-state index in [4.69, 9.17) is 5.73 Å². The number of carbonyl (C=O) groups is 2. The molecule has 1 saturated heterocycles. The molecule has 5 nitrogen and oxygen atoms in total. The second-order valence-electron chi connectivity index (χ2n) is 7.47. The van der Waals surface area contributed by atoms with Crippen LogP contribution in [0.5, 0.6) is 0 Å². The molecule has 1 fully saturated rings. The molecule has 1 atom stereocenters. The van der Waals surface area contributed by atoms with Crippen molar-refractivity contribution in [3.63, 3.8) is 0 Å². The van der Waals surface area contributed by atoms with Gasteiger partial charge in [-0.05, 0) is 43.1 Å². The third-order valence-corrected chi connectivity index (χ3v) is 4.81. The lowest BCUT2D eigenvalue weighted by Gasteiger charge is -2.32. The third-order valence-electron chi connectivity index (χ3n) is 4.81. The van der Waals surface area contributed by atoms with Crippen molar-refractivity contribution in [3.8, 4) is 0 Å². The van der Waals surface area contributed by atoms with Gasteiger partial charge in [-0.1, -0.05) is 44.2 Å². The van der Waals surface area contributed by atoms with Gasteiger partial charge in [0, 0.05) is 13.1 Å². The second kappa shape index (κ2) is 11.2. The molecule has 0 radical (unpaired) electrons. The maximum Gasteiger partial charge on any atom is 0.241 e. The molecule has 0 saturated carbocycles. The molecule has 1 aromatic rings. The van der Waals surface area contributed by atoms with Crippen molar-refractivity contribution < 1.29 is 9.59 Å². The topological polar surface area (TPSA) is 75.4 Å². The fraction of sp³-hybridized carbons (Fsp3) is 0.600. The number of hydrogen-bond donors (Lipinski definition) is 2. The van der Waals surface area contributed by atoms with Crippen LogP contribution in [0.3, 0.4) is 0 Å². The van der Waals surface area contributed by atoms with Crippen LogP contribution in [0.1, 0.15) is 38.7 Å². The Balaban J connectivity index is 0.00000338. The summed E-state index contributed by atoms with van der Waals surface area (Å²) in [6, 6.07) is 9.96. The summed E-state index contributed by atoms with van der Waals surface area (Å²) in [6.07, 6.45) is 3.73. The summed E-state index contributed by atoms with van der Waals surface area (Å²) < 4.78 is 0. The van der Waals surface area contributed by atoms with Gasteiger partial charge in [-0.3, -0.25) is 9.59 Å². The van der Waals surface area contributed by atoms with Crippen LogP contribution in [0.25, 0.3) is 0 Å². The molecule has 0 unspecified atom stereocenters. The van der Waals surface area contributed by atoms with E-state index in [-0.39, 0.29) is 30.8 Å². The highest BCUT2D eigenvalue weighted by Crippen LogP contribution is 2.21. The second-order valence-corrected chi connectivity index (χ2v) is 7.47. The van der Waals surface area contributed by atoms with Gasteiger partial charge in [-0.2, -0.15) is 0 Å². The van der Waals surface area contributed by atoms with Crippen molar-refractivity contribution >= 4 is 24.2 Å². The predicted octanol–water partition coefficient (Wildman–Crippen LogP) is 2.38. The van der Waals surface area contributed by atoms with E-state index in [9.17, 15) is 9.59 Å². The van der Waals surface area contributed by atoms with Crippen LogP contribution in [0, 0.1) is 11.8 Å². The maximum absolute atomic E-state index is 12.3. The van der Waals surface area contributed by atoms with Crippen molar-refractivity contribution in [2.24, 2.45) is 17.6 Å². The van der Waals surface area contributed by atoms with E-state index in [0.29, 0.717) is 18.3 Å². The number of halogens is 1. The van der Waals surface area contributed by atoms with Crippen LogP contribution in [-0.2, 0) is 16.0 Å². The molecule has 0 aromatic heterocycles. The van der Waals surface area contributed by atoms with E-state index in [1.54, 1.807) is 0 Å². The van der Waals surface area contributed by atoms with Gasteiger partial charge in [-0.15, -0.1) is 12.4 Å². The van der Waals surface area contributed by atoms with Gasteiger partial charge in [0.25, 0.3) is 0 Å². The average molecular weight is 382 g/mol. The molecule has 26 heavy (non-hydrogen) atoms. The quantitative estimate of drug-likeness (QED) is 0.761. The molecule has 0 aliphatic carbocycles.